The molecule has 98 valence electrons. The molecule has 4 N–H and O–H groups in total. The maximum absolute atomic E-state index is 11.7. The number of aromatic carboxylic acids is 1. The second kappa shape index (κ2) is 4.81. The van der Waals surface area contributed by atoms with Crippen LogP contribution in [0.5, 0.6) is 0 Å². The summed E-state index contributed by atoms with van der Waals surface area (Å²) in [4.78, 5) is 38.1. The Bertz CT molecular complexity index is 699. The van der Waals surface area contributed by atoms with E-state index in [2.05, 4.69) is 15.3 Å². The van der Waals surface area contributed by atoms with Crippen LogP contribution < -0.4 is 11.0 Å². The van der Waals surface area contributed by atoms with Crippen LogP contribution in [0.25, 0.3) is 0 Å². The monoisotopic (exact) mass is 261 g/mol. The minimum Gasteiger partial charge on any atom is -0.478 e. The van der Waals surface area contributed by atoms with Gasteiger partial charge in [-0.05, 0) is 30.7 Å². The number of rotatable bonds is 3. The molecule has 0 spiro atoms. The molecule has 0 aliphatic heterocycles. The van der Waals surface area contributed by atoms with Gasteiger partial charge in [0.25, 0.3) is 5.91 Å². The predicted molar refractivity (Wildman–Crippen MR) is 67.5 cm³/mol. The molecule has 1 heterocycles. The number of benzene rings is 1. The van der Waals surface area contributed by atoms with Gasteiger partial charge in [-0.3, -0.25) is 4.79 Å². The van der Waals surface area contributed by atoms with Gasteiger partial charge in [-0.1, -0.05) is 0 Å². The first-order chi connectivity index (χ1) is 8.97. The Hall–Kier alpha value is -2.83. The number of hydrogen-bond acceptors (Lipinski definition) is 3. The van der Waals surface area contributed by atoms with E-state index in [9.17, 15) is 14.4 Å². The number of amides is 1. The Labute approximate surface area is 107 Å². The molecular formula is C12H11N3O4. The van der Waals surface area contributed by atoms with Gasteiger partial charge in [0, 0.05) is 11.9 Å². The third-order valence-corrected chi connectivity index (χ3v) is 2.56. The number of carboxylic acid groups (broad SMARTS) is 1. The number of H-pyrrole nitrogens is 2. The minimum absolute atomic E-state index is 0.102. The Morgan fingerprint density at radius 3 is 2.58 bits per heavy atom. The lowest BCUT2D eigenvalue weighted by Gasteiger charge is -2.06. The van der Waals surface area contributed by atoms with Crippen LogP contribution in [-0.4, -0.2) is 27.0 Å². The molecule has 1 aromatic heterocycles. The molecule has 0 atom stereocenters. The molecule has 7 heteroatoms. The number of anilines is 1. The van der Waals surface area contributed by atoms with Crippen molar-refractivity contribution in [2.24, 2.45) is 0 Å². The van der Waals surface area contributed by atoms with E-state index in [0.717, 1.165) is 0 Å². The number of aromatic amines is 2. The van der Waals surface area contributed by atoms with Crippen LogP contribution in [0.15, 0.2) is 29.2 Å². The van der Waals surface area contributed by atoms with E-state index in [0.29, 0.717) is 11.3 Å². The topological polar surface area (TPSA) is 115 Å². The molecule has 19 heavy (non-hydrogen) atoms. The number of aromatic nitrogens is 2. The summed E-state index contributed by atoms with van der Waals surface area (Å²) in [6.07, 6.45) is 1.26. The maximum atomic E-state index is 11.7. The predicted octanol–water partition coefficient (Wildman–Crippen LogP) is 0.962. The van der Waals surface area contributed by atoms with E-state index in [4.69, 9.17) is 5.11 Å². The summed E-state index contributed by atoms with van der Waals surface area (Å²) < 4.78 is 0. The number of carbonyl (C=O) groups excluding carboxylic acids is 1. The number of carbonyl (C=O) groups is 2. The lowest BCUT2D eigenvalue weighted by Crippen LogP contribution is -2.14. The first-order valence-electron chi connectivity index (χ1n) is 5.40. The van der Waals surface area contributed by atoms with Gasteiger partial charge in [0.2, 0.25) is 0 Å². The second-order valence-corrected chi connectivity index (χ2v) is 3.95. The van der Waals surface area contributed by atoms with Gasteiger partial charge in [0.15, 0.2) is 0 Å². The summed E-state index contributed by atoms with van der Waals surface area (Å²) in [7, 11) is 0. The Kier molecular flexibility index (Phi) is 3.19. The highest BCUT2D eigenvalue weighted by Crippen LogP contribution is 2.15. The third kappa shape index (κ3) is 2.71. The van der Waals surface area contributed by atoms with Gasteiger partial charge < -0.3 is 20.4 Å². The van der Waals surface area contributed by atoms with E-state index in [1.165, 1.54) is 18.3 Å². The first kappa shape index (κ1) is 12.6. The SMILES string of the molecule is Cc1cc(NC(=O)c2c[nH]c(=O)[nH]2)ccc1C(=O)O. The van der Waals surface area contributed by atoms with Crippen LogP contribution in [0.3, 0.4) is 0 Å². The highest BCUT2D eigenvalue weighted by atomic mass is 16.4. The van der Waals surface area contributed by atoms with Crippen LogP contribution >= 0.6 is 0 Å². The molecule has 2 rings (SSSR count). The van der Waals surface area contributed by atoms with Crippen LogP contribution in [0.1, 0.15) is 26.4 Å². The van der Waals surface area contributed by atoms with Crippen molar-refractivity contribution in [2.75, 3.05) is 5.32 Å². The van der Waals surface area contributed by atoms with Gasteiger partial charge in [-0.25, -0.2) is 9.59 Å². The van der Waals surface area contributed by atoms with E-state index in [-0.39, 0.29) is 11.3 Å². The summed E-state index contributed by atoms with van der Waals surface area (Å²) >= 11 is 0. The van der Waals surface area contributed by atoms with Gasteiger partial charge in [0.05, 0.1) is 5.56 Å². The molecule has 0 saturated heterocycles. The van der Waals surface area contributed by atoms with Crippen molar-refractivity contribution in [2.45, 2.75) is 6.92 Å². The zero-order valence-corrected chi connectivity index (χ0v) is 9.98. The minimum atomic E-state index is -1.02. The van der Waals surface area contributed by atoms with E-state index >= 15 is 0 Å². The molecule has 2 aromatic rings. The maximum Gasteiger partial charge on any atom is 0.335 e. The molecule has 1 aromatic carbocycles. The molecule has 1 amide bonds. The van der Waals surface area contributed by atoms with E-state index in [1.54, 1.807) is 13.0 Å². The van der Waals surface area contributed by atoms with E-state index < -0.39 is 17.6 Å². The smallest absolute Gasteiger partial charge is 0.335 e. The van der Waals surface area contributed by atoms with Crippen molar-refractivity contribution in [3.8, 4) is 0 Å². The first-order valence-corrected chi connectivity index (χ1v) is 5.40. The van der Waals surface area contributed by atoms with Gasteiger partial charge in [-0.15, -0.1) is 0 Å². The van der Waals surface area contributed by atoms with Crippen molar-refractivity contribution >= 4 is 17.6 Å². The van der Waals surface area contributed by atoms with Gasteiger partial charge >= 0.3 is 11.7 Å². The molecule has 0 fully saturated rings. The fraction of sp³-hybridized carbons (Fsp3) is 0.0833. The molecule has 0 aliphatic carbocycles. The summed E-state index contributed by atoms with van der Waals surface area (Å²) in [5.41, 5.74) is 0.794. The van der Waals surface area contributed by atoms with Crippen molar-refractivity contribution in [1.82, 2.24) is 9.97 Å². The van der Waals surface area contributed by atoms with Gasteiger partial charge in [0.1, 0.15) is 5.69 Å². The second-order valence-electron chi connectivity index (χ2n) is 3.95. The summed E-state index contributed by atoms with van der Waals surface area (Å²) in [6, 6.07) is 4.44. The lowest BCUT2D eigenvalue weighted by molar-refractivity contribution is 0.0696. The fourth-order valence-corrected chi connectivity index (χ4v) is 1.63. The Morgan fingerprint density at radius 2 is 2.05 bits per heavy atom. The van der Waals surface area contributed by atoms with Crippen molar-refractivity contribution in [3.63, 3.8) is 0 Å². The number of hydrogen-bond donors (Lipinski definition) is 4. The Morgan fingerprint density at radius 1 is 1.32 bits per heavy atom. The van der Waals surface area contributed by atoms with Crippen molar-refractivity contribution in [3.05, 3.63) is 51.7 Å². The molecule has 0 bridgehead atoms. The van der Waals surface area contributed by atoms with E-state index in [1.807, 2.05) is 0 Å². The number of carboxylic acids is 1. The average molecular weight is 261 g/mol. The standard InChI is InChI=1S/C12H11N3O4/c1-6-4-7(2-3-8(6)11(17)18)14-10(16)9-5-13-12(19)15-9/h2-5H,1H3,(H,14,16)(H,17,18)(H2,13,15,19). The normalized spacial score (nSPS) is 10.2. The summed E-state index contributed by atoms with van der Waals surface area (Å²) in [6.45, 7) is 1.64. The van der Waals surface area contributed by atoms with Crippen LogP contribution in [0, 0.1) is 6.92 Å². The zero-order chi connectivity index (χ0) is 14.0. The summed E-state index contributed by atoms with van der Waals surface area (Å²) in [5, 5.41) is 11.4. The molecular weight excluding hydrogens is 250 g/mol. The quantitative estimate of drug-likeness (QED) is 0.658. The molecule has 0 aliphatic rings. The summed E-state index contributed by atoms with van der Waals surface area (Å²) in [5.74, 6) is -1.51. The van der Waals surface area contributed by atoms with Crippen LogP contribution in [0.2, 0.25) is 0 Å². The van der Waals surface area contributed by atoms with Crippen LogP contribution in [0.4, 0.5) is 5.69 Å². The lowest BCUT2D eigenvalue weighted by atomic mass is 10.1. The Balaban J connectivity index is 2.20. The molecule has 0 unspecified atom stereocenters. The fourth-order valence-electron chi connectivity index (χ4n) is 1.63. The van der Waals surface area contributed by atoms with Crippen molar-refractivity contribution in [1.29, 1.82) is 0 Å². The third-order valence-electron chi connectivity index (χ3n) is 2.56. The highest BCUT2D eigenvalue weighted by molar-refractivity contribution is 6.03. The number of nitrogens with one attached hydrogen (secondary N) is 3. The molecule has 0 radical (unpaired) electrons. The van der Waals surface area contributed by atoms with Gasteiger partial charge in [-0.2, -0.15) is 0 Å². The molecule has 7 nitrogen and oxygen atoms in total. The molecule has 0 saturated carbocycles. The number of imidazole rings is 1. The average Bonchev–Trinajstić information content (AvgIpc) is 2.75. The largest absolute Gasteiger partial charge is 0.478 e. The highest BCUT2D eigenvalue weighted by Gasteiger charge is 2.11. The van der Waals surface area contributed by atoms with Crippen LogP contribution in [-0.2, 0) is 0 Å². The zero-order valence-electron chi connectivity index (χ0n) is 9.98. The van der Waals surface area contributed by atoms with Crippen molar-refractivity contribution < 1.29 is 14.7 Å². The number of aryl methyl sites for hydroxylation is 1.